The Morgan fingerprint density at radius 2 is 2.07 bits per heavy atom. The van der Waals surface area contributed by atoms with Crippen LogP contribution in [0.5, 0.6) is 0 Å². The first-order valence-corrected chi connectivity index (χ1v) is 4.98. The lowest BCUT2D eigenvalue weighted by molar-refractivity contribution is 0.169. The summed E-state index contributed by atoms with van der Waals surface area (Å²) in [5.74, 6) is 0. The second-order valence-corrected chi connectivity index (χ2v) is 3.96. The van der Waals surface area contributed by atoms with E-state index in [1.54, 1.807) is 6.33 Å². The molecule has 0 radical (unpaired) electrons. The number of hydrogen-bond acceptors (Lipinski definition) is 4. The first kappa shape index (κ1) is 9.55. The van der Waals surface area contributed by atoms with Crippen molar-refractivity contribution in [3.05, 3.63) is 24.3 Å². The van der Waals surface area contributed by atoms with Crippen LogP contribution in [-0.2, 0) is 0 Å². The number of likely N-dealkylation sites (N-methyl/N-ethyl adjacent to an activating group) is 1. The van der Waals surface area contributed by atoms with Gasteiger partial charge in [0.25, 0.3) is 0 Å². The van der Waals surface area contributed by atoms with Gasteiger partial charge in [0, 0.05) is 36.6 Å². The predicted molar refractivity (Wildman–Crippen MR) is 54.6 cm³/mol. The fraction of sp³-hybridized carbons (Fsp3) is 0.600. The van der Waals surface area contributed by atoms with Crippen LogP contribution >= 0.6 is 0 Å². The van der Waals surface area contributed by atoms with E-state index in [0.29, 0.717) is 12.1 Å². The first-order chi connectivity index (χ1) is 6.77. The molecule has 2 rings (SSSR count). The third-order valence-electron chi connectivity index (χ3n) is 2.83. The smallest absolute Gasteiger partial charge is 0.115 e. The Labute approximate surface area is 84.2 Å². The van der Waals surface area contributed by atoms with Gasteiger partial charge in [0.2, 0.25) is 0 Å². The van der Waals surface area contributed by atoms with Gasteiger partial charge in [-0.05, 0) is 19.9 Å². The van der Waals surface area contributed by atoms with Crippen LogP contribution in [0.1, 0.15) is 24.4 Å². The first-order valence-electron chi connectivity index (χ1n) is 4.98. The second-order valence-electron chi connectivity index (χ2n) is 3.96. The van der Waals surface area contributed by atoms with Gasteiger partial charge in [-0.2, -0.15) is 0 Å². The van der Waals surface area contributed by atoms with Crippen LogP contribution in [0.25, 0.3) is 0 Å². The molecule has 1 fully saturated rings. The molecular weight excluding hydrogens is 176 g/mol. The summed E-state index contributed by atoms with van der Waals surface area (Å²) in [5.41, 5.74) is 7.09. The fourth-order valence-corrected chi connectivity index (χ4v) is 2.08. The van der Waals surface area contributed by atoms with E-state index >= 15 is 0 Å². The van der Waals surface area contributed by atoms with E-state index in [0.717, 1.165) is 19.4 Å². The number of aromatic nitrogens is 2. The number of hydrogen-bond donors (Lipinski definition) is 1. The van der Waals surface area contributed by atoms with E-state index in [2.05, 4.69) is 21.9 Å². The highest BCUT2D eigenvalue weighted by atomic mass is 15.2. The minimum absolute atomic E-state index is 0.320. The van der Waals surface area contributed by atoms with Crippen molar-refractivity contribution in [2.75, 3.05) is 13.6 Å². The van der Waals surface area contributed by atoms with Crippen LogP contribution < -0.4 is 5.73 Å². The third-order valence-corrected chi connectivity index (χ3v) is 2.83. The molecule has 0 spiro atoms. The van der Waals surface area contributed by atoms with Crippen LogP contribution in [0, 0.1) is 0 Å². The Kier molecular flexibility index (Phi) is 2.74. The highest BCUT2D eigenvalue weighted by Gasteiger charge is 2.24. The zero-order chi connectivity index (χ0) is 9.97. The van der Waals surface area contributed by atoms with Gasteiger partial charge in [-0.1, -0.05) is 0 Å². The van der Waals surface area contributed by atoms with Gasteiger partial charge >= 0.3 is 0 Å². The van der Waals surface area contributed by atoms with Crippen molar-refractivity contribution in [1.29, 1.82) is 0 Å². The molecular formula is C10H16N4. The van der Waals surface area contributed by atoms with E-state index in [1.165, 1.54) is 5.56 Å². The molecule has 1 aliphatic heterocycles. The lowest BCUT2D eigenvalue weighted by atomic mass is 9.95. The largest absolute Gasteiger partial charge is 0.327 e. The van der Waals surface area contributed by atoms with E-state index in [1.807, 2.05) is 12.4 Å². The molecule has 1 aromatic heterocycles. The molecule has 4 heteroatoms. The Hall–Kier alpha value is -1.00. The second kappa shape index (κ2) is 4.02. The molecule has 0 amide bonds. The molecule has 2 atom stereocenters. The maximum absolute atomic E-state index is 5.89. The SMILES string of the molecule is CN1CC(N)CCC1c1cncnc1. The lowest BCUT2D eigenvalue weighted by Gasteiger charge is -2.35. The molecule has 0 aliphatic carbocycles. The van der Waals surface area contributed by atoms with E-state index < -0.39 is 0 Å². The average Bonchev–Trinajstić information content (AvgIpc) is 2.19. The maximum Gasteiger partial charge on any atom is 0.115 e. The molecule has 4 nitrogen and oxygen atoms in total. The molecule has 76 valence electrons. The van der Waals surface area contributed by atoms with E-state index in [-0.39, 0.29) is 0 Å². The molecule has 2 N–H and O–H groups in total. The normalized spacial score (nSPS) is 29.0. The molecule has 0 saturated carbocycles. The van der Waals surface area contributed by atoms with Gasteiger partial charge in [-0.3, -0.25) is 4.90 Å². The molecule has 2 unspecified atom stereocenters. The molecule has 1 aliphatic rings. The molecule has 0 bridgehead atoms. The van der Waals surface area contributed by atoms with Gasteiger partial charge in [0.15, 0.2) is 0 Å². The lowest BCUT2D eigenvalue weighted by Crippen LogP contribution is -2.42. The summed E-state index contributed by atoms with van der Waals surface area (Å²) in [6, 6.07) is 0.761. The Morgan fingerprint density at radius 1 is 1.36 bits per heavy atom. The van der Waals surface area contributed by atoms with E-state index in [9.17, 15) is 0 Å². The van der Waals surface area contributed by atoms with Crippen molar-refractivity contribution >= 4 is 0 Å². The maximum atomic E-state index is 5.89. The van der Waals surface area contributed by atoms with Crippen LogP contribution in [-0.4, -0.2) is 34.5 Å². The van der Waals surface area contributed by atoms with Crippen molar-refractivity contribution in [3.8, 4) is 0 Å². The number of nitrogens with zero attached hydrogens (tertiary/aromatic N) is 3. The predicted octanol–water partition coefficient (Wildman–Crippen LogP) is 0.571. The standard InChI is InChI=1S/C10H16N4/c1-14-6-9(11)2-3-10(14)8-4-12-7-13-5-8/h4-5,7,9-10H,2-3,6,11H2,1H3. The number of nitrogens with two attached hydrogens (primary N) is 1. The zero-order valence-corrected chi connectivity index (χ0v) is 8.43. The monoisotopic (exact) mass is 192 g/mol. The topological polar surface area (TPSA) is 55.0 Å². The summed E-state index contributed by atoms with van der Waals surface area (Å²) in [6.07, 6.45) is 7.54. The van der Waals surface area contributed by atoms with Gasteiger partial charge in [0.1, 0.15) is 6.33 Å². The molecule has 1 saturated heterocycles. The van der Waals surface area contributed by atoms with Gasteiger partial charge < -0.3 is 5.73 Å². The summed E-state index contributed by atoms with van der Waals surface area (Å²) in [6.45, 7) is 0.958. The Bertz CT molecular complexity index is 287. The van der Waals surface area contributed by atoms with Crippen LogP contribution in [0.4, 0.5) is 0 Å². The highest BCUT2D eigenvalue weighted by Crippen LogP contribution is 2.27. The van der Waals surface area contributed by atoms with Crippen molar-refractivity contribution in [3.63, 3.8) is 0 Å². The van der Waals surface area contributed by atoms with Crippen LogP contribution in [0.3, 0.4) is 0 Å². The quantitative estimate of drug-likeness (QED) is 0.707. The number of piperidine rings is 1. The van der Waals surface area contributed by atoms with Crippen LogP contribution in [0.15, 0.2) is 18.7 Å². The summed E-state index contributed by atoms with van der Waals surface area (Å²) in [5, 5.41) is 0. The van der Waals surface area contributed by atoms with Gasteiger partial charge in [-0.25, -0.2) is 9.97 Å². The molecule has 0 aromatic carbocycles. The van der Waals surface area contributed by atoms with Crippen molar-refractivity contribution in [2.24, 2.45) is 5.73 Å². The van der Waals surface area contributed by atoms with Crippen molar-refractivity contribution in [2.45, 2.75) is 24.9 Å². The summed E-state index contributed by atoms with van der Waals surface area (Å²) in [4.78, 5) is 10.4. The van der Waals surface area contributed by atoms with Crippen molar-refractivity contribution < 1.29 is 0 Å². The Balaban J connectivity index is 2.12. The molecule has 1 aromatic rings. The van der Waals surface area contributed by atoms with E-state index in [4.69, 9.17) is 5.73 Å². The highest BCUT2D eigenvalue weighted by molar-refractivity contribution is 5.10. The summed E-state index contributed by atoms with van der Waals surface area (Å²) < 4.78 is 0. The molecule has 14 heavy (non-hydrogen) atoms. The number of likely N-dealkylation sites (tertiary alicyclic amines) is 1. The Morgan fingerprint density at radius 3 is 2.71 bits per heavy atom. The summed E-state index contributed by atoms with van der Waals surface area (Å²) in [7, 11) is 2.11. The fourth-order valence-electron chi connectivity index (χ4n) is 2.08. The molecule has 2 heterocycles. The average molecular weight is 192 g/mol. The van der Waals surface area contributed by atoms with Crippen LogP contribution in [0.2, 0.25) is 0 Å². The summed E-state index contributed by atoms with van der Waals surface area (Å²) >= 11 is 0. The van der Waals surface area contributed by atoms with Gasteiger partial charge in [-0.15, -0.1) is 0 Å². The zero-order valence-electron chi connectivity index (χ0n) is 8.43. The third kappa shape index (κ3) is 1.91. The van der Waals surface area contributed by atoms with Gasteiger partial charge in [0.05, 0.1) is 0 Å². The van der Waals surface area contributed by atoms with Crippen molar-refractivity contribution in [1.82, 2.24) is 14.9 Å². The minimum atomic E-state index is 0.320. The number of rotatable bonds is 1. The minimum Gasteiger partial charge on any atom is -0.327 e.